The molecule has 0 bridgehead atoms. The van der Waals surface area contributed by atoms with Crippen molar-refractivity contribution < 1.29 is 9.59 Å². The highest BCUT2D eigenvalue weighted by molar-refractivity contribution is 8.00. The molecule has 1 aliphatic heterocycles. The number of nitrogens with zero attached hydrogens (tertiary/aromatic N) is 3. The number of thioether (sulfide) groups is 1. The summed E-state index contributed by atoms with van der Waals surface area (Å²) in [5, 5.41) is 1.27. The number of aryl methyl sites for hydroxylation is 1. The number of carbonyl (C=O) groups is 2. The molecule has 0 unspecified atom stereocenters. The number of thiophene rings is 1. The number of hydrogen-bond donors (Lipinski definition) is 0. The zero-order chi connectivity index (χ0) is 25.4. The smallest absolute Gasteiger partial charge is 0.263 e. The van der Waals surface area contributed by atoms with Crippen LogP contribution in [-0.4, -0.2) is 38.1 Å². The van der Waals surface area contributed by atoms with Crippen molar-refractivity contribution in [2.24, 2.45) is 5.92 Å². The Hall–Kier alpha value is -2.42. The van der Waals surface area contributed by atoms with Crippen LogP contribution in [0.1, 0.15) is 53.4 Å². The van der Waals surface area contributed by atoms with E-state index in [-0.39, 0.29) is 17.4 Å². The molecule has 2 atom stereocenters. The lowest BCUT2D eigenvalue weighted by Gasteiger charge is -2.23. The SMILES string of the molecule is C=CCn1c(S[C@H]2CCCCN(C(=O)c3ccc(Cl)cc3)C2=O)nc2sc3c(c2c1=O)CC[C@H](C)C3. The lowest BCUT2D eigenvalue weighted by Crippen LogP contribution is -2.41. The predicted octanol–water partition coefficient (Wildman–Crippen LogP) is 5.74. The molecule has 1 saturated heterocycles. The highest BCUT2D eigenvalue weighted by Gasteiger charge is 2.34. The Balaban J connectivity index is 1.49. The van der Waals surface area contributed by atoms with Crippen LogP contribution in [0.3, 0.4) is 0 Å². The third-order valence-corrected chi connectivity index (χ3v) is 9.56. The van der Waals surface area contributed by atoms with Crippen LogP contribution in [0.4, 0.5) is 0 Å². The third kappa shape index (κ3) is 4.78. The number of benzene rings is 1. The molecule has 6 nitrogen and oxygen atoms in total. The van der Waals surface area contributed by atoms with Crippen molar-refractivity contribution in [2.75, 3.05) is 6.54 Å². The maximum Gasteiger partial charge on any atom is 0.263 e. The van der Waals surface area contributed by atoms with Crippen LogP contribution in [0.15, 0.2) is 46.9 Å². The van der Waals surface area contributed by atoms with Gasteiger partial charge in [0.05, 0.1) is 10.6 Å². The number of imide groups is 1. The first-order valence-corrected chi connectivity index (χ1v) is 14.4. The molecule has 0 spiro atoms. The van der Waals surface area contributed by atoms with Gasteiger partial charge in [-0.25, -0.2) is 4.98 Å². The Morgan fingerprint density at radius 2 is 2.03 bits per heavy atom. The highest BCUT2D eigenvalue weighted by atomic mass is 35.5. The number of allylic oxidation sites excluding steroid dienone is 1. The first-order valence-electron chi connectivity index (χ1n) is 12.3. The summed E-state index contributed by atoms with van der Waals surface area (Å²) in [6, 6.07) is 6.58. The molecule has 9 heteroatoms. The van der Waals surface area contributed by atoms with Crippen molar-refractivity contribution in [3.8, 4) is 0 Å². The van der Waals surface area contributed by atoms with E-state index in [4.69, 9.17) is 16.6 Å². The van der Waals surface area contributed by atoms with Crippen LogP contribution in [0.25, 0.3) is 10.2 Å². The third-order valence-electron chi connectivity index (χ3n) is 6.92. The molecule has 3 heterocycles. The Morgan fingerprint density at radius 3 is 2.78 bits per heavy atom. The second kappa shape index (κ2) is 10.5. The van der Waals surface area contributed by atoms with Crippen LogP contribution in [0, 0.1) is 5.92 Å². The van der Waals surface area contributed by atoms with Crippen molar-refractivity contribution in [1.82, 2.24) is 14.5 Å². The van der Waals surface area contributed by atoms with Gasteiger partial charge in [0.15, 0.2) is 5.16 Å². The van der Waals surface area contributed by atoms with Crippen LogP contribution in [0.5, 0.6) is 0 Å². The molecule has 1 fully saturated rings. The minimum Gasteiger partial charge on any atom is -0.283 e. The van der Waals surface area contributed by atoms with Crippen LogP contribution in [-0.2, 0) is 24.2 Å². The van der Waals surface area contributed by atoms with Crippen molar-refractivity contribution in [1.29, 1.82) is 0 Å². The van der Waals surface area contributed by atoms with E-state index < -0.39 is 5.25 Å². The average Bonchev–Trinajstić information content (AvgIpc) is 3.12. The van der Waals surface area contributed by atoms with Gasteiger partial charge in [0, 0.05) is 28.6 Å². The molecule has 36 heavy (non-hydrogen) atoms. The Labute approximate surface area is 223 Å². The average molecular weight is 542 g/mol. The molecule has 1 aliphatic carbocycles. The lowest BCUT2D eigenvalue weighted by atomic mass is 9.89. The summed E-state index contributed by atoms with van der Waals surface area (Å²) in [4.78, 5) is 48.6. The fraction of sp³-hybridized carbons (Fsp3) is 0.407. The van der Waals surface area contributed by atoms with E-state index in [2.05, 4.69) is 13.5 Å². The van der Waals surface area contributed by atoms with Crippen molar-refractivity contribution >= 4 is 56.7 Å². The fourth-order valence-electron chi connectivity index (χ4n) is 4.98. The Kier molecular flexibility index (Phi) is 7.37. The monoisotopic (exact) mass is 541 g/mol. The van der Waals surface area contributed by atoms with Gasteiger partial charge in [0.25, 0.3) is 11.5 Å². The summed E-state index contributed by atoms with van der Waals surface area (Å²) >= 11 is 8.87. The van der Waals surface area contributed by atoms with E-state index in [1.807, 2.05) is 0 Å². The summed E-state index contributed by atoms with van der Waals surface area (Å²) in [5.74, 6) is 0.0370. The highest BCUT2D eigenvalue weighted by Crippen LogP contribution is 2.37. The van der Waals surface area contributed by atoms with E-state index in [0.717, 1.165) is 47.9 Å². The van der Waals surface area contributed by atoms with Gasteiger partial charge in [-0.15, -0.1) is 17.9 Å². The van der Waals surface area contributed by atoms with Gasteiger partial charge in [-0.1, -0.05) is 42.8 Å². The molecule has 0 saturated carbocycles. The molecule has 2 aliphatic rings. The van der Waals surface area contributed by atoms with Crippen molar-refractivity contribution in [3.05, 3.63) is 68.3 Å². The molecular weight excluding hydrogens is 514 g/mol. The molecule has 5 rings (SSSR count). The number of carbonyl (C=O) groups excluding carboxylic acids is 2. The van der Waals surface area contributed by atoms with Gasteiger partial charge in [-0.3, -0.25) is 23.9 Å². The topological polar surface area (TPSA) is 72.3 Å². The second-order valence-electron chi connectivity index (χ2n) is 9.53. The van der Waals surface area contributed by atoms with Gasteiger partial charge < -0.3 is 0 Å². The summed E-state index contributed by atoms with van der Waals surface area (Å²) in [6.07, 6.45) is 6.81. The van der Waals surface area contributed by atoms with Gasteiger partial charge in [0.2, 0.25) is 5.91 Å². The molecule has 1 aromatic carbocycles. The number of aromatic nitrogens is 2. The Bertz CT molecular complexity index is 1400. The minimum absolute atomic E-state index is 0.0652. The number of rotatable bonds is 5. The van der Waals surface area contributed by atoms with E-state index in [0.29, 0.717) is 41.2 Å². The van der Waals surface area contributed by atoms with Crippen LogP contribution in [0.2, 0.25) is 5.02 Å². The van der Waals surface area contributed by atoms with E-state index in [9.17, 15) is 14.4 Å². The standard InChI is InChI=1S/C27H28ClN3O3S2/c1-3-13-31-26(34)22-19-12-7-16(2)15-21(19)35-23(22)29-27(31)36-20-6-4-5-14-30(25(20)33)24(32)17-8-10-18(28)11-9-17/h3,8-11,16,20H,1,4-7,12-15H2,2H3/t16-,20-/m0/s1. The number of fused-ring (bicyclic) bond motifs is 3. The van der Waals surface area contributed by atoms with Crippen molar-refractivity contribution in [3.63, 3.8) is 0 Å². The first kappa shape index (κ1) is 25.2. The molecule has 2 aromatic heterocycles. The zero-order valence-corrected chi connectivity index (χ0v) is 22.6. The maximum atomic E-state index is 13.6. The quantitative estimate of drug-likeness (QED) is 0.234. The molecule has 0 radical (unpaired) electrons. The lowest BCUT2D eigenvalue weighted by molar-refractivity contribution is -0.127. The summed E-state index contributed by atoms with van der Waals surface area (Å²) in [5.41, 5.74) is 1.51. The molecular formula is C27H28ClN3O3S2. The molecule has 188 valence electrons. The molecule has 3 aromatic rings. The Morgan fingerprint density at radius 1 is 1.25 bits per heavy atom. The van der Waals surface area contributed by atoms with E-state index >= 15 is 0 Å². The first-order chi connectivity index (χ1) is 17.4. The van der Waals surface area contributed by atoms with Crippen LogP contribution >= 0.6 is 34.7 Å². The van der Waals surface area contributed by atoms with Gasteiger partial charge in [0.1, 0.15) is 4.83 Å². The summed E-state index contributed by atoms with van der Waals surface area (Å²) in [6.45, 7) is 6.77. The van der Waals surface area contributed by atoms with Crippen molar-refractivity contribution in [2.45, 2.75) is 62.4 Å². The summed E-state index contributed by atoms with van der Waals surface area (Å²) in [7, 11) is 0. The minimum atomic E-state index is -0.501. The normalized spacial score (nSPS) is 20.3. The number of hydrogen-bond acceptors (Lipinski definition) is 6. The summed E-state index contributed by atoms with van der Waals surface area (Å²) < 4.78 is 1.63. The van der Waals surface area contributed by atoms with Gasteiger partial charge in [-0.05, 0) is 67.9 Å². The fourth-order valence-corrected chi connectivity index (χ4v) is 7.73. The van der Waals surface area contributed by atoms with Crippen LogP contribution < -0.4 is 5.56 Å². The number of likely N-dealkylation sites (tertiary alicyclic amines) is 1. The maximum absolute atomic E-state index is 13.6. The largest absolute Gasteiger partial charge is 0.283 e. The van der Waals surface area contributed by atoms with E-state index in [1.54, 1.807) is 46.2 Å². The molecule has 2 amide bonds. The number of halogens is 1. The predicted molar refractivity (Wildman–Crippen MR) is 146 cm³/mol. The second-order valence-corrected chi connectivity index (χ2v) is 12.2. The molecule has 0 N–H and O–H groups in total. The van der Waals surface area contributed by atoms with E-state index in [1.165, 1.54) is 21.5 Å². The van der Waals surface area contributed by atoms with Gasteiger partial charge >= 0.3 is 0 Å². The zero-order valence-electron chi connectivity index (χ0n) is 20.2. The number of amides is 2. The van der Waals surface area contributed by atoms with Gasteiger partial charge in [-0.2, -0.15) is 0 Å².